The van der Waals surface area contributed by atoms with Gasteiger partial charge in [-0.3, -0.25) is 0 Å². The van der Waals surface area contributed by atoms with Gasteiger partial charge >= 0.3 is 0 Å². The summed E-state index contributed by atoms with van der Waals surface area (Å²) in [6.45, 7) is 2.14. The topological polar surface area (TPSA) is 0 Å². The highest BCUT2D eigenvalue weighted by atomic mass is 127. The lowest BCUT2D eigenvalue weighted by atomic mass is 12.0. The fourth-order valence-electron chi connectivity index (χ4n) is 0. The summed E-state index contributed by atoms with van der Waals surface area (Å²) in [5.41, 5.74) is 0. The molecule has 0 amide bonds. The molecule has 4 heteroatoms. The molecule has 0 aliphatic heterocycles. The van der Waals surface area contributed by atoms with Crippen molar-refractivity contribution in [1.82, 2.24) is 0 Å². The molecule has 0 aromatic carbocycles. The van der Waals surface area contributed by atoms with Crippen LogP contribution in [0, 0.1) is 0 Å². The summed E-state index contributed by atoms with van der Waals surface area (Å²) < 4.78 is 0. The number of hydrogen-bond donors (Lipinski definition) is 0. The van der Waals surface area contributed by atoms with Crippen molar-refractivity contribution in [2.24, 2.45) is 0 Å². The van der Waals surface area contributed by atoms with Crippen molar-refractivity contribution in [1.29, 1.82) is 0 Å². The van der Waals surface area contributed by atoms with Gasteiger partial charge in [-0.1, -0.05) is 7.36 Å². The average molecular weight is 240 g/mol. The minimum absolute atomic E-state index is 0.0919. The summed E-state index contributed by atoms with van der Waals surface area (Å²) in [6, 6.07) is 0. The summed E-state index contributed by atoms with van der Waals surface area (Å²) in [7, 11) is 6.74. The van der Waals surface area contributed by atoms with E-state index in [1.54, 1.807) is 0 Å². The van der Waals surface area contributed by atoms with E-state index < -0.39 is 0 Å². The third kappa shape index (κ3) is 5.67. The van der Waals surface area contributed by atoms with E-state index in [0.29, 0.717) is 0 Å². The molecule has 0 saturated carbocycles. The van der Waals surface area contributed by atoms with Gasteiger partial charge in [-0.2, -0.15) is 0 Å². The normalized spacial score (nSPS) is 15.8. The molecule has 5 heavy (non-hydrogen) atoms. The lowest BCUT2D eigenvalue weighted by Crippen LogP contribution is -1.33. The highest BCUT2D eigenvalue weighted by molar-refractivity contribution is 14.2. The Bertz CT molecular complexity index is 49.6. The molecule has 0 radical (unpaired) electrons. The van der Waals surface area contributed by atoms with Gasteiger partial charge in [-0.05, 0) is 23.8 Å². The van der Waals surface area contributed by atoms with E-state index >= 15 is 0 Å². The van der Waals surface area contributed by atoms with Crippen LogP contribution in [0.1, 0.15) is 0 Å². The van der Waals surface area contributed by atoms with Crippen LogP contribution in [0.3, 0.4) is 0 Å². The van der Waals surface area contributed by atoms with Crippen molar-refractivity contribution in [2.45, 2.75) is 0 Å². The fraction of sp³-hybridized carbons (Fsp3) is 1.00. The van der Waals surface area contributed by atoms with Crippen LogP contribution in [0.5, 0.6) is 0 Å². The molecule has 0 aliphatic carbocycles. The molecule has 0 aliphatic rings. The minimum atomic E-state index is 0.0919. The van der Waals surface area contributed by atoms with Crippen molar-refractivity contribution in [3.8, 4) is 0 Å². The molecule has 0 saturated heterocycles. The summed E-state index contributed by atoms with van der Waals surface area (Å²) >= 11 is 2.19. The first-order valence-electron chi connectivity index (χ1n) is 0.938. The lowest BCUT2D eigenvalue weighted by Gasteiger charge is -1.68. The second-order valence-electron chi connectivity index (χ2n) is 0.379. The number of hydrogen-bond acceptors (Lipinski definition) is 0. The SMILES string of the molecule is CP=S(Cl)I. The molecule has 0 rings (SSSR count). The first-order chi connectivity index (χ1) is 2.27. The van der Waals surface area contributed by atoms with Crippen LogP contribution in [0.2, 0.25) is 0 Å². The van der Waals surface area contributed by atoms with E-state index in [1.807, 2.05) is 6.66 Å². The van der Waals surface area contributed by atoms with E-state index in [9.17, 15) is 0 Å². The Hall–Kier alpha value is 1.67. The Morgan fingerprint density at radius 1 is 2.00 bits per heavy atom. The molecule has 32 valence electrons. The highest BCUT2D eigenvalue weighted by Gasteiger charge is 1.65. The molecule has 1 unspecified atom stereocenters. The van der Waals surface area contributed by atoms with Gasteiger partial charge in [-0.25, -0.2) is 0 Å². The van der Waals surface area contributed by atoms with Gasteiger partial charge in [0.15, 0.2) is 0 Å². The van der Waals surface area contributed by atoms with Crippen LogP contribution in [0.4, 0.5) is 0 Å². The zero-order valence-corrected chi connectivity index (χ0v) is 7.24. The van der Waals surface area contributed by atoms with Gasteiger partial charge in [0, 0.05) is 21.2 Å². The Balaban J connectivity index is 3.14. The molecule has 1 atom stereocenters. The molecule has 0 bridgehead atoms. The molecule has 0 aromatic heterocycles. The fourth-order valence-corrected chi connectivity index (χ4v) is 0. The maximum atomic E-state index is 5.46. The van der Waals surface area contributed by atoms with Gasteiger partial charge in [0.05, 0.1) is 0 Å². The smallest absolute Gasteiger partial charge is 0.0107 e. The van der Waals surface area contributed by atoms with E-state index in [-0.39, 0.29) is 6.46 Å². The van der Waals surface area contributed by atoms with Gasteiger partial charge in [0.25, 0.3) is 0 Å². The third-order valence-corrected chi connectivity index (χ3v) is 6.03. The molecule has 0 nitrogen and oxygen atoms in total. The first-order valence-corrected chi connectivity index (χ1v) is 7.48. The highest BCUT2D eigenvalue weighted by Crippen LogP contribution is 2.12. The Morgan fingerprint density at radius 3 is 2.20 bits per heavy atom. The predicted molar refractivity (Wildman–Crippen MR) is 40.1 cm³/mol. The van der Waals surface area contributed by atoms with Crippen molar-refractivity contribution >= 4 is 45.7 Å². The Kier molecular flexibility index (Phi) is 5.13. The molecule has 0 N–H and O–H groups in total. The summed E-state index contributed by atoms with van der Waals surface area (Å²) in [4.78, 5) is 0. The second-order valence-corrected chi connectivity index (χ2v) is 11.2. The van der Waals surface area contributed by atoms with Crippen LogP contribution < -0.4 is 0 Å². The minimum Gasteiger partial charge on any atom is -0.0504 e. The predicted octanol–water partition coefficient (Wildman–Crippen LogP) is 2.60. The number of rotatable bonds is 0. The zero-order chi connectivity index (χ0) is 4.28. The van der Waals surface area contributed by atoms with E-state index in [0.717, 1.165) is 0 Å². The number of halogens is 2. The van der Waals surface area contributed by atoms with Crippen molar-refractivity contribution in [3.63, 3.8) is 0 Å². The largest absolute Gasteiger partial charge is 0.0504 e. The van der Waals surface area contributed by atoms with Crippen molar-refractivity contribution in [2.75, 3.05) is 6.66 Å². The van der Waals surface area contributed by atoms with E-state index in [4.69, 9.17) is 10.7 Å². The summed E-state index contributed by atoms with van der Waals surface area (Å²) in [5, 5.41) is 0. The zero-order valence-electron chi connectivity index (χ0n) is 2.61. The van der Waals surface area contributed by atoms with Crippen LogP contribution in [0.15, 0.2) is 0 Å². The quantitative estimate of drug-likeness (QED) is 0.451. The van der Waals surface area contributed by atoms with Crippen LogP contribution in [0.25, 0.3) is 0 Å². The van der Waals surface area contributed by atoms with Crippen molar-refractivity contribution in [3.05, 3.63) is 0 Å². The van der Waals surface area contributed by atoms with Crippen molar-refractivity contribution < 1.29 is 0 Å². The average Bonchev–Trinajstić information content (AvgIpc) is 1.38. The van der Waals surface area contributed by atoms with Crippen LogP contribution >= 0.6 is 39.2 Å². The summed E-state index contributed by atoms with van der Waals surface area (Å²) in [6.07, 6.45) is 0. The first kappa shape index (κ1) is 6.67. The van der Waals surface area contributed by atoms with Gasteiger partial charge < -0.3 is 0 Å². The Morgan fingerprint density at radius 2 is 2.20 bits per heavy atom. The van der Waals surface area contributed by atoms with Gasteiger partial charge in [0.1, 0.15) is 0 Å². The Labute approximate surface area is 52.1 Å². The molecular weight excluding hydrogens is 237 g/mol. The molecule has 0 fully saturated rings. The molecule has 0 heterocycles. The second kappa shape index (κ2) is 3.85. The van der Waals surface area contributed by atoms with Crippen LogP contribution in [-0.2, 0) is 6.46 Å². The third-order valence-electron chi connectivity index (χ3n) is 0.138. The molecule has 0 aromatic rings. The van der Waals surface area contributed by atoms with E-state index in [1.165, 1.54) is 7.36 Å². The van der Waals surface area contributed by atoms with Gasteiger partial charge in [0.2, 0.25) is 0 Å². The maximum absolute atomic E-state index is 5.46. The van der Waals surface area contributed by atoms with E-state index in [2.05, 4.69) is 21.2 Å². The van der Waals surface area contributed by atoms with Gasteiger partial charge in [-0.15, -0.1) is 0 Å². The standard InChI is InChI=1S/CH3ClIPS/c1-4-5(2)3/h1H3. The van der Waals surface area contributed by atoms with Crippen LogP contribution in [-0.4, -0.2) is 6.66 Å². The lowest BCUT2D eigenvalue weighted by molar-refractivity contribution is 2.52. The molecular formula is CH3ClIPS. The maximum Gasteiger partial charge on any atom is 0.0107 e. The monoisotopic (exact) mass is 240 g/mol. The molecule has 0 spiro atoms. The summed E-state index contributed by atoms with van der Waals surface area (Å²) in [5.74, 6) is 0.